The van der Waals surface area contributed by atoms with Gasteiger partial charge in [-0.2, -0.15) is 0 Å². The molecule has 156 valence electrons. The minimum absolute atomic E-state index is 0.203. The Morgan fingerprint density at radius 1 is 1.17 bits per heavy atom. The molecule has 0 aromatic heterocycles. The van der Waals surface area contributed by atoms with E-state index in [-0.39, 0.29) is 12.6 Å². The van der Waals surface area contributed by atoms with Crippen LogP contribution in [0.2, 0.25) is 0 Å². The number of rotatable bonds is 3. The monoisotopic (exact) mass is 410 g/mol. The Balaban J connectivity index is 1.80. The van der Waals surface area contributed by atoms with Crippen molar-refractivity contribution in [2.45, 2.75) is 37.8 Å². The van der Waals surface area contributed by atoms with Gasteiger partial charge in [0, 0.05) is 18.3 Å². The highest BCUT2D eigenvalue weighted by Gasteiger charge is 2.60. The first-order chi connectivity index (χ1) is 14.3. The Kier molecular flexibility index (Phi) is 5.05. The van der Waals surface area contributed by atoms with E-state index in [1.807, 2.05) is 30.3 Å². The van der Waals surface area contributed by atoms with Gasteiger partial charge in [0.1, 0.15) is 5.82 Å². The number of hydrogen-bond acceptors (Lipinski definition) is 3. The van der Waals surface area contributed by atoms with Crippen molar-refractivity contribution in [3.63, 3.8) is 0 Å². The third kappa shape index (κ3) is 3.24. The molecule has 2 aromatic carbocycles. The fraction of sp³-hybridized carbons (Fsp3) is 0.348. The SMILES string of the molecule is C[C@H]1C[C@]2(CCN1C(=O)O)C(Cc1ccccc1)C(=O)C(=O)N2c1cccc(F)c1. The van der Waals surface area contributed by atoms with Gasteiger partial charge >= 0.3 is 6.09 Å². The number of piperidine rings is 1. The maximum absolute atomic E-state index is 14.0. The van der Waals surface area contributed by atoms with E-state index >= 15 is 0 Å². The lowest BCUT2D eigenvalue weighted by molar-refractivity contribution is -0.135. The van der Waals surface area contributed by atoms with Crippen LogP contribution < -0.4 is 4.90 Å². The van der Waals surface area contributed by atoms with E-state index in [2.05, 4.69) is 0 Å². The number of benzene rings is 2. The standard InChI is InChI=1S/C23H23FN2O4/c1-15-14-23(10-11-25(15)22(29)30)19(12-16-6-3-2-4-7-16)20(27)21(28)26(23)18-9-5-8-17(24)13-18/h2-9,13,15,19H,10-12,14H2,1H3,(H,29,30)/t15-,19?,23+/m0/s1. The fourth-order valence-electron chi connectivity index (χ4n) is 5.05. The molecule has 2 aliphatic rings. The third-order valence-corrected chi connectivity index (χ3v) is 6.39. The summed E-state index contributed by atoms with van der Waals surface area (Å²) in [5.74, 6) is -2.28. The molecule has 4 rings (SSSR count). The summed E-state index contributed by atoms with van der Waals surface area (Å²) in [5, 5.41) is 9.49. The molecule has 0 saturated carbocycles. The van der Waals surface area contributed by atoms with Gasteiger partial charge in [0.15, 0.2) is 0 Å². The molecule has 30 heavy (non-hydrogen) atoms. The zero-order valence-corrected chi connectivity index (χ0v) is 16.6. The normalized spacial score (nSPS) is 26.5. The highest BCUT2D eigenvalue weighted by atomic mass is 19.1. The second-order valence-electron chi connectivity index (χ2n) is 8.11. The van der Waals surface area contributed by atoms with Gasteiger partial charge in [-0.05, 0) is 49.9 Å². The van der Waals surface area contributed by atoms with E-state index in [0.717, 1.165) is 5.56 Å². The van der Waals surface area contributed by atoms with E-state index in [1.54, 1.807) is 13.0 Å². The molecule has 2 saturated heterocycles. The molecule has 7 heteroatoms. The van der Waals surface area contributed by atoms with Gasteiger partial charge in [0.2, 0.25) is 5.78 Å². The molecule has 2 aromatic rings. The number of ketones is 1. The van der Waals surface area contributed by atoms with Crippen molar-refractivity contribution in [1.82, 2.24) is 4.90 Å². The van der Waals surface area contributed by atoms with Crippen LogP contribution in [0.4, 0.5) is 14.9 Å². The van der Waals surface area contributed by atoms with Gasteiger partial charge in [-0.25, -0.2) is 9.18 Å². The first-order valence-corrected chi connectivity index (χ1v) is 10.0. The van der Waals surface area contributed by atoms with E-state index in [1.165, 1.54) is 28.0 Å². The molecule has 0 bridgehead atoms. The third-order valence-electron chi connectivity index (χ3n) is 6.39. The predicted octanol–water partition coefficient (Wildman–Crippen LogP) is 3.50. The Bertz CT molecular complexity index is 996. The summed E-state index contributed by atoms with van der Waals surface area (Å²) in [5.41, 5.74) is 0.362. The summed E-state index contributed by atoms with van der Waals surface area (Å²) in [6.07, 6.45) is -0.0263. The lowest BCUT2D eigenvalue weighted by Crippen LogP contribution is -2.60. The largest absolute Gasteiger partial charge is 0.465 e. The lowest BCUT2D eigenvalue weighted by Gasteiger charge is -2.49. The number of carbonyl (C=O) groups is 3. The van der Waals surface area contributed by atoms with Gasteiger partial charge in [-0.1, -0.05) is 36.4 Å². The molecule has 2 amide bonds. The van der Waals surface area contributed by atoms with Crippen LogP contribution in [0.3, 0.4) is 0 Å². The molecule has 6 nitrogen and oxygen atoms in total. The summed E-state index contributed by atoms with van der Waals surface area (Å²) < 4.78 is 14.0. The fourth-order valence-corrected chi connectivity index (χ4v) is 5.05. The number of halogens is 1. The quantitative estimate of drug-likeness (QED) is 0.786. The average molecular weight is 410 g/mol. The van der Waals surface area contributed by atoms with Crippen LogP contribution in [0.15, 0.2) is 54.6 Å². The van der Waals surface area contributed by atoms with Gasteiger partial charge in [-0.3, -0.25) is 14.5 Å². The second-order valence-corrected chi connectivity index (χ2v) is 8.11. The first kappa shape index (κ1) is 20.1. The molecule has 3 atom stereocenters. The van der Waals surface area contributed by atoms with Crippen molar-refractivity contribution in [1.29, 1.82) is 0 Å². The summed E-state index contributed by atoms with van der Waals surface area (Å²) in [6, 6.07) is 14.7. The van der Waals surface area contributed by atoms with Gasteiger partial charge in [0.05, 0.1) is 11.5 Å². The Morgan fingerprint density at radius 2 is 1.90 bits per heavy atom. The first-order valence-electron chi connectivity index (χ1n) is 10.0. The van der Waals surface area contributed by atoms with Crippen LogP contribution in [0, 0.1) is 11.7 Å². The van der Waals surface area contributed by atoms with Crippen LogP contribution in [0.25, 0.3) is 0 Å². The van der Waals surface area contributed by atoms with Crippen LogP contribution in [-0.2, 0) is 16.0 Å². The summed E-state index contributed by atoms with van der Waals surface area (Å²) in [7, 11) is 0. The zero-order chi connectivity index (χ0) is 21.5. The molecular weight excluding hydrogens is 387 g/mol. The Labute approximate surface area is 173 Å². The number of carboxylic acid groups (broad SMARTS) is 1. The van der Waals surface area contributed by atoms with Crippen LogP contribution in [0.5, 0.6) is 0 Å². The molecular formula is C23H23FN2O4. The highest BCUT2D eigenvalue weighted by molar-refractivity contribution is 6.45. The second kappa shape index (κ2) is 7.55. The topological polar surface area (TPSA) is 77.9 Å². The number of anilines is 1. The van der Waals surface area contributed by atoms with Crippen molar-refractivity contribution in [2.75, 3.05) is 11.4 Å². The van der Waals surface area contributed by atoms with Crippen molar-refractivity contribution < 1.29 is 23.9 Å². The Morgan fingerprint density at radius 3 is 2.53 bits per heavy atom. The van der Waals surface area contributed by atoms with Crippen molar-refractivity contribution in [2.24, 2.45) is 5.92 Å². The summed E-state index contributed by atoms with van der Waals surface area (Å²) in [6.45, 7) is 1.99. The number of amides is 2. The molecule has 0 aliphatic carbocycles. The van der Waals surface area contributed by atoms with Crippen LogP contribution in [0.1, 0.15) is 25.3 Å². The van der Waals surface area contributed by atoms with Crippen molar-refractivity contribution in [3.8, 4) is 0 Å². The molecule has 2 aliphatic heterocycles. The minimum atomic E-state index is -1.02. The maximum atomic E-state index is 14.0. The molecule has 1 spiro atoms. The molecule has 1 unspecified atom stereocenters. The summed E-state index contributed by atoms with van der Waals surface area (Å²) >= 11 is 0. The number of hydrogen-bond donors (Lipinski definition) is 1. The number of likely N-dealkylation sites (tertiary alicyclic amines) is 1. The average Bonchev–Trinajstić information content (AvgIpc) is 2.90. The van der Waals surface area contributed by atoms with Gasteiger partial charge in [0.25, 0.3) is 5.91 Å². The minimum Gasteiger partial charge on any atom is -0.465 e. The number of nitrogens with zero attached hydrogens (tertiary/aromatic N) is 2. The van der Waals surface area contributed by atoms with E-state index < -0.39 is 35.1 Å². The predicted molar refractivity (Wildman–Crippen MR) is 109 cm³/mol. The van der Waals surface area contributed by atoms with E-state index in [0.29, 0.717) is 24.9 Å². The molecule has 2 heterocycles. The Hall–Kier alpha value is -3.22. The van der Waals surface area contributed by atoms with E-state index in [9.17, 15) is 23.9 Å². The van der Waals surface area contributed by atoms with Gasteiger partial charge < -0.3 is 10.0 Å². The maximum Gasteiger partial charge on any atom is 0.407 e. The van der Waals surface area contributed by atoms with Crippen molar-refractivity contribution in [3.05, 3.63) is 66.0 Å². The zero-order valence-electron chi connectivity index (χ0n) is 16.6. The molecule has 2 fully saturated rings. The van der Waals surface area contributed by atoms with E-state index in [4.69, 9.17) is 0 Å². The lowest BCUT2D eigenvalue weighted by atomic mass is 9.71. The number of Topliss-reactive ketones (excluding diaryl/α,β-unsaturated/α-hetero) is 1. The smallest absolute Gasteiger partial charge is 0.407 e. The molecule has 0 radical (unpaired) electrons. The van der Waals surface area contributed by atoms with Crippen LogP contribution >= 0.6 is 0 Å². The van der Waals surface area contributed by atoms with Gasteiger partial charge in [-0.15, -0.1) is 0 Å². The number of carbonyl (C=O) groups excluding carboxylic acids is 2. The highest BCUT2D eigenvalue weighted by Crippen LogP contribution is 2.47. The summed E-state index contributed by atoms with van der Waals surface area (Å²) in [4.78, 5) is 40.7. The van der Waals surface area contributed by atoms with Crippen LogP contribution in [-0.4, -0.2) is 45.9 Å². The molecule has 1 N–H and O–H groups in total. The van der Waals surface area contributed by atoms with Crippen molar-refractivity contribution >= 4 is 23.5 Å².